The number of anilines is 1. The molecular weight excluding hydrogens is 388 g/mol. The van der Waals surface area contributed by atoms with E-state index < -0.39 is 0 Å². The molecule has 0 fully saturated rings. The van der Waals surface area contributed by atoms with Gasteiger partial charge in [-0.2, -0.15) is 0 Å². The number of carbonyl (C=O) groups excluding carboxylic acids is 2. The number of pyridine rings is 1. The average molecular weight is 406 g/mol. The Morgan fingerprint density at radius 1 is 1.21 bits per heavy atom. The van der Waals surface area contributed by atoms with Crippen molar-refractivity contribution in [2.24, 2.45) is 7.05 Å². The van der Waals surface area contributed by atoms with E-state index in [1.165, 1.54) is 11.3 Å². The van der Waals surface area contributed by atoms with Crippen LogP contribution in [0.1, 0.15) is 27.8 Å². The number of nitrogens with one attached hydrogen (secondary N) is 1. The number of benzene rings is 1. The van der Waals surface area contributed by atoms with Crippen LogP contribution in [0, 0.1) is 0 Å². The van der Waals surface area contributed by atoms with Crippen LogP contribution >= 0.6 is 11.3 Å². The molecule has 29 heavy (non-hydrogen) atoms. The van der Waals surface area contributed by atoms with E-state index in [-0.39, 0.29) is 11.9 Å². The maximum absolute atomic E-state index is 12.6. The van der Waals surface area contributed by atoms with Crippen molar-refractivity contribution in [2.45, 2.75) is 6.92 Å². The SMILES string of the molecule is CCOC(=O)c1ccc(NC(=O)c2csc(-c3cn(C)c4ncccc34)n2)cc1. The number of nitrogens with zero attached hydrogens (tertiary/aromatic N) is 3. The van der Waals surface area contributed by atoms with Crippen LogP contribution in [0.15, 0.2) is 54.2 Å². The van der Waals surface area contributed by atoms with Gasteiger partial charge in [0.25, 0.3) is 5.91 Å². The van der Waals surface area contributed by atoms with Gasteiger partial charge < -0.3 is 14.6 Å². The summed E-state index contributed by atoms with van der Waals surface area (Å²) in [5.41, 5.74) is 3.15. The molecule has 0 unspecified atom stereocenters. The molecule has 0 saturated heterocycles. The molecule has 0 radical (unpaired) electrons. The molecule has 1 N–H and O–H groups in total. The van der Waals surface area contributed by atoms with Gasteiger partial charge >= 0.3 is 5.97 Å². The lowest BCUT2D eigenvalue weighted by molar-refractivity contribution is 0.0526. The second-order valence-corrected chi connectivity index (χ2v) is 7.18. The van der Waals surface area contributed by atoms with Crippen molar-refractivity contribution in [1.29, 1.82) is 0 Å². The van der Waals surface area contributed by atoms with Crippen molar-refractivity contribution >= 4 is 39.9 Å². The first-order chi connectivity index (χ1) is 14.1. The summed E-state index contributed by atoms with van der Waals surface area (Å²) in [5, 5.41) is 6.28. The van der Waals surface area contributed by atoms with Crippen molar-refractivity contribution in [2.75, 3.05) is 11.9 Å². The monoisotopic (exact) mass is 406 g/mol. The van der Waals surface area contributed by atoms with Crippen molar-refractivity contribution in [3.63, 3.8) is 0 Å². The van der Waals surface area contributed by atoms with Crippen LogP contribution in [-0.2, 0) is 11.8 Å². The first kappa shape index (κ1) is 18.8. The number of aromatic nitrogens is 3. The second-order valence-electron chi connectivity index (χ2n) is 6.32. The summed E-state index contributed by atoms with van der Waals surface area (Å²) < 4.78 is 6.90. The highest BCUT2D eigenvalue weighted by Crippen LogP contribution is 2.31. The van der Waals surface area contributed by atoms with E-state index in [9.17, 15) is 9.59 Å². The van der Waals surface area contributed by atoms with Crippen molar-refractivity contribution in [3.8, 4) is 10.6 Å². The summed E-state index contributed by atoms with van der Waals surface area (Å²) in [6, 6.07) is 10.4. The largest absolute Gasteiger partial charge is 0.462 e. The van der Waals surface area contributed by atoms with E-state index in [1.807, 2.05) is 29.9 Å². The predicted octanol–water partition coefficient (Wildman–Crippen LogP) is 4.13. The molecule has 0 aliphatic rings. The number of carbonyl (C=O) groups is 2. The zero-order valence-electron chi connectivity index (χ0n) is 15.9. The van der Waals surface area contributed by atoms with Gasteiger partial charge in [0.1, 0.15) is 16.3 Å². The number of aryl methyl sites for hydroxylation is 1. The first-order valence-electron chi connectivity index (χ1n) is 9.01. The van der Waals surface area contributed by atoms with Gasteiger partial charge in [0.15, 0.2) is 0 Å². The number of rotatable bonds is 5. The van der Waals surface area contributed by atoms with Crippen LogP contribution < -0.4 is 5.32 Å². The summed E-state index contributed by atoms with van der Waals surface area (Å²) in [5.74, 6) is -0.700. The Hall–Kier alpha value is -3.52. The number of fused-ring (bicyclic) bond motifs is 1. The number of esters is 1. The summed E-state index contributed by atoms with van der Waals surface area (Å²) >= 11 is 1.41. The van der Waals surface area contributed by atoms with Gasteiger partial charge in [-0.05, 0) is 43.3 Å². The molecule has 1 aromatic carbocycles. The number of hydrogen-bond acceptors (Lipinski definition) is 6. The smallest absolute Gasteiger partial charge is 0.338 e. The summed E-state index contributed by atoms with van der Waals surface area (Å²) in [6.07, 6.45) is 3.71. The van der Waals surface area contributed by atoms with Crippen LogP contribution in [0.5, 0.6) is 0 Å². The van der Waals surface area contributed by atoms with Crippen molar-refractivity contribution in [1.82, 2.24) is 14.5 Å². The Labute approximate surface area is 171 Å². The molecule has 0 saturated carbocycles. The Balaban J connectivity index is 1.52. The van der Waals surface area contributed by atoms with Crippen LogP contribution in [0.3, 0.4) is 0 Å². The zero-order chi connectivity index (χ0) is 20.4. The third kappa shape index (κ3) is 3.74. The maximum Gasteiger partial charge on any atom is 0.338 e. The summed E-state index contributed by atoms with van der Waals surface area (Å²) in [4.78, 5) is 33.2. The van der Waals surface area contributed by atoms with Crippen LogP contribution in [0.25, 0.3) is 21.6 Å². The van der Waals surface area contributed by atoms with Gasteiger partial charge in [-0.3, -0.25) is 4.79 Å². The van der Waals surface area contributed by atoms with E-state index in [0.717, 1.165) is 21.6 Å². The molecule has 146 valence electrons. The molecule has 8 heteroatoms. The minimum Gasteiger partial charge on any atom is -0.462 e. The average Bonchev–Trinajstić information content (AvgIpc) is 3.34. The molecule has 1 amide bonds. The first-order valence-corrected chi connectivity index (χ1v) is 9.89. The quantitative estimate of drug-likeness (QED) is 0.504. The highest BCUT2D eigenvalue weighted by Gasteiger charge is 2.16. The highest BCUT2D eigenvalue weighted by atomic mass is 32.1. The van der Waals surface area contributed by atoms with Gasteiger partial charge in [-0.1, -0.05) is 0 Å². The molecule has 0 atom stereocenters. The molecule has 3 aromatic heterocycles. The fourth-order valence-electron chi connectivity index (χ4n) is 2.98. The topological polar surface area (TPSA) is 86.1 Å². The van der Waals surface area contributed by atoms with Crippen molar-refractivity contribution < 1.29 is 14.3 Å². The molecule has 4 rings (SSSR count). The lowest BCUT2D eigenvalue weighted by Gasteiger charge is -2.05. The lowest BCUT2D eigenvalue weighted by Crippen LogP contribution is -2.12. The Morgan fingerprint density at radius 2 is 2.00 bits per heavy atom. The van der Waals surface area contributed by atoms with E-state index in [0.29, 0.717) is 23.6 Å². The minimum atomic E-state index is -0.390. The summed E-state index contributed by atoms with van der Waals surface area (Å²) in [7, 11) is 1.93. The predicted molar refractivity (Wildman–Crippen MR) is 112 cm³/mol. The Bertz CT molecular complexity index is 1190. The molecule has 0 spiro atoms. The lowest BCUT2D eigenvalue weighted by atomic mass is 10.2. The second kappa shape index (κ2) is 7.84. The number of thiazole rings is 1. The fraction of sp³-hybridized carbons (Fsp3) is 0.143. The summed E-state index contributed by atoms with van der Waals surface area (Å²) in [6.45, 7) is 2.07. The number of ether oxygens (including phenoxy) is 1. The van der Waals surface area contributed by atoms with E-state index in [2.05, 4.69) is 15.3 Å². The van der Waals surface area contributed by atoms with Crippen molar-refractivity contribution in [3.05, 3.63) is 65.4 Å². The molecular formula is C21H18N4O3S. The Morgan fingerprint density at radius 3 is 2.76 bits per heavy atom. The number of amides is 1. The fourth-order valence-corrected chi connectivity index (χ4v) is 3.81. The molecule has 0 bridgehead atoms. The van der Waals surface area contributed by atoms with Gasteiger partial charge in [0.2, 0.25) is 0 Å². The molecule has 0 aliphatic heterocycles. The molecule has 4 aromatic rings. The van der Waals surface area contributed by atoms with E-state index in [4.69, 9.17) is 4.74 Å². The Kier molecular flexibility index (Phi) is 5.09. The highest BCUT2D eigenvalue weighted by molar-refractivity contribution is 7.13. The standard InChI is InChI=1S/C21H18N4O3S/c1-3-28-21(27)13-6-8-14(9-7-13)23-19(26)17-12-29-20(24-17)16-11-25(2)18-15(16)5-4-10-22-18/h4-12H,3H2,1-2H3,(H,23,26). The van der Waals surface area contributed by atoms with E-state index in [1.54, 1.807) is 42.8 Å². The van der Waals surface area contributed by atoms with Crippen LogP contribution in [0.4, 0.5) is 5.69 Å². The van der Waals surface area contributed by atoms with E-state index >= 15 is 0 Å². The molecule has 3 heterocycles. The van der Waals surface area contributed by atoms with Crippen LogP contribution in [-0.4, -0.2) is 33.0 Å². The third-order valence-electron chi connectivity index (χ3n) is 4.35. The molecule has 7 nitrogen and oxygen atoms in total. The normalized spacial score (nSPS) is 10.8. The molecule has 0 aliphatic carbocycles. The van der Waals surface area contributed by atoms with Crippen LogP contribution in [0.2, 0.25) is 0 Å². The minimum absolute atomic E-state index is 0.310. The van der Waals surface area contributed by atoms with Gasteiger partial charge in [-0.15, -0.1) is 11.3 Å². The van der Waals surface area contributed by atoms with Gasteiger partial charge in [-0.25, -0.2) is 14.8 Å². The third-order valence-corrected chi connectivity index (χ3v) is 5.23. The zero-order valence-corrected chi connectivity index (χ0v) is 16.7. The maximum atomic E-state index is 12.6. The van der Waals surface area contributed by atoms with Gasteiger partial charge in [0, 0.05) is 41.5 Å². The van der Waals surface area contributed by atoms with Gasteiger partial charge in [0.05, 0.1) is 12.2 Å². The number of hydrogen-bond donors (Lipinski definition) is 1.